The van der Waals surface area contributed by atoms with E-state index in [1.165, 1.54) is 20.0 Å². The molecule has 1 unspecified atom stereocenters. The molecule has 0 amide bonds. The van der Waals surface area contributed by atoms with Gasteiger partial charge in [0.25, 0.3) is 0 Å². The van der Waals surface area contributed by atoms with Crippen molar-refractivity contribution in [2.75, 3.05) is 6.61 Å². The van der Waals surface area contributed by atoms with Crippen LogP contribution in [-0.2, 0) is 33.3 Å². The Hall–Kier alpha value is -3.79. The lowest BCUT2D eigenvalue weighted by atomic mass is 9.49. The van der Waals surface area contributed by atoms with Crippen LogP contribution in [0.2, 0.25) is 0 Å². The van der Waals surface area contributed by atoms with E-state index in [-0.39, 0.29) is 24.0 Å². The number of esters is 4. The maximum absolute atomic E-state index is 13.7. The van der Waals surface area contributed by atoms with Crippen LogP contribution in [-0.4, -0.2) is 65.0 Å². The highest BCUT2D eigenvalue weighted by Crippen LogP contribution is 2.67. The van der Waals surface area contributed by atoms with Gasteiger partial charge in [-0.1, -0.05) is 25.1 Å². The van der Waals surface area contributed by atoms with Crippen LogP contribution < -0.4 is 0 Å². The summed E-state index contributed by atoms with van der Waals surface area (Å²) in [5, 5.41) is 0. The summed E-state index contributed by atoms with van der Waals surface area (Å²) in [5.41, 5.74) is -2.76. The van der Waals surface area contributed by atoms with Gasteiger partial charge in [-0.25, -0.2) is 9.59 Å². The van der Waals surface area contributed by atoms with Crippen molar-refractivity contribution in [3.63, 3.8) is 0 Å². The second-order valence-corrected chi connectivity index (χ2v) is 12.1. The number of nitrogens with zero attached hydrogens (tertiary/aromatic N) is 1. The summed E-state index contributed by atoms with van der Waals surface area (Å²) >= 11 is 0. The van der Waals surface area contributed by atoms with Crippen molar-refractivity contribution in [2.24, 2.45) is 17.3 Å². The lowest BCUT2D eigenvalue weighted by Gasteiger charge is -2.61. The summed E-state index contributed by atoms with van der Waals surface area (Å²) in [7, 11) is 0. The van der Waals surface area contributed by atoms with E-state index in [2.05, 4.69) is 4.98 Å². The molecule has 1 saturated heterocycles. The summed E-state index contributed by atoms with van der Waals surface area (Å²) in [6, 6.07) is 11.7. The summed E-state index contributed by atoms with van der Waals surface area (Å²) in [4.78, 5) is 56.1. The van der Waals surface area contributed by atoms with Crippen LogP contribution >= 0.6 is 0 Å². The standard InChI is InChI=1S/C32H37NO9/c1-19-13-14-25(39-20(2)34)31(18-38-28(36)23-12-9-15-33-17-23)27(41-29(37)22-10-7-6-8-11-22)26(40-21(3)35)24-16-32(19,31)42-30(24,4)5/h6-12,15,17,19,24-27H,13-14,16,18H2,1-5H3/t19?,24-,25+,26+,27-,31+,32+/m1/s1. The first kappa shape index (κ1) is 29.7. The molecular weight excluding hydrogens is 542 g/mol. The second-order valence-electron chi connectivity index (χ2n) is 12.1. The minimum absolute atomic E-state index is 0.109. The Kier molecular flexibility index (Phi) is 7.87. The van der Waals surface area contributed by atoms with Gasteiger partial charge in [-0.05, 0) is 63.3 Å². The van der Waals surface area contributed by atoms with Gasteiger partial charge in [0.05, 0.1) is 22.3 Å². The van der Waals surface area contributed by atoms with Crippen molar-refractivity contribution in [1.82, 2.24) is 4.98 Å². The molecule has 2 heterocycles. The average Bonchev–Trinajstić information content (AvgIpc) is 3.22. The monoisotopic (exact) mass is 579 g/mol. The number of hydrogen-bond donors (Lipinski definition) is 0. The molecule has 1 aromatic heterocycles. The molecule has 2 bridgehead atoms. The van der Waals surface area contributed by atoms with Gasteiger partial charge >= 0.3 is 23.9 Å². The van der Waals surface area contributed by atoms with Gasteiger partial charge in [0.1, 0.15) is 24.2 Å². The van der Waals surface area contributed by atoms with Crippen LogP contribution in [0.3, 0.4) is 0 Å². The van der Waals surface area contributed by atoms with E-state index >= 15 is 0 Å². The third-order valence-corrected chi connectivity index (χ3v) is 9.28. The van der Waals surface area contributed by atoms with E-state index in [1.54, 1.807) is 48.7 Å². The van der Waals surface area contributed by atoms with Gasteiger partial charge in [-0.2, -0.15) is 0 Å². The maximum Gasteiger partial charge on any atom is 0.339 e. The third kappa shape index (κ3) is 4.95. The van der Waals surface area contributed by atoms with Gasteiger partial charge in [-0.3, -0.25) is 14.6 Å². The molecule has 1 spiro atoms. The SMILES string of the molecule is CC(=O)O[C@H]1[C@H]2C[C@]3(OC2(C)C)C(C)CC[C@H](OC(C)=O)[C@@]3(COC(=O)c2cccnc2)[C@@H]1OC(=O)c1ccccc1. The molecule has 2 aliphatic carbocycles. The van der Waals surface area contributed by atoms with E-state index < -0.39 is 58.8 Å². The lowest BCUT2D eigenvalue weighted by Crippen LogP contribution is -2.74. The van der Waals surface area contributed by atoms with Crippen molar-refractivity contribution in [1.29, 1.82) is 0 Å². The van der Waals surface area contributed by atoms with Crippen molar-refractivity contribution in [3.05, 3.63) is 66.0 Å². The normalized spacial score (nSPS) is 32.6. The molecule has 7 atom stereocenters. The lowest BCUT2D eigenvalue weighted by molar-refractivity contribution is -0.286. The summed E-state index contributed by atoms with van der Waals surface area (Å²) in [6.07, 6.45) is 1.37. The molecule has 1 aromatic carbocycles. The molecule has 0 N–H and O–H groups in total. The minimum Gasteiger partial charge on any atom is -0.462 e. The molecule has 224 valence electrons. The summed E-state index contributed by atoms with van der Waals surface area (Å²) in [5.74, 6) is -2.88. The topological polar surface area (TPSA) is 127 Å². The zero-order valence-electron chi connectivity index (χ0n) is 24.5. The summed E-state index contributed by atoms with van der Waals surface area (Å²) in [6.45, 7) is 8.15. The Morgan fingerprint density at radius 3 is 2.24 bits per heavy atom. The Bertz CT molecular complexity index is 1350. The molecule has 10 nitrogen and oxygen atoms in total. The quantitative estimate of drug-likeness (QED) is 0.346. The number of aromatic nitrogens is 1. The highest BCUT2D eigenvalue weighted by molar-refractivity contribution is 5.90. The van der Waals surface area contributed by atoms with E-state index in [9.17, 15) is 19.2 Å². The van der Waals surface area contributed by atoms with Crippen LogP contribution in [0.4, 0.5) is 0 Å². The zero-order valence-corrected chi connectivity index (χ0v) is 24.5. The average molecular weight is 580 g/mol. The highest BCUT2D eigenvalue weighted by Gasteiger charge is 2.79. The van der Waals surface area contributed by atoms with E-state index in [1.807, 2.05) is 20.8 Å². The Balaban J connectivity index is 1.70. The number of ether oxygens (including phenoxy) is 5. The molecule has 3 fully saturated rings. The molecule has 0 radical (unpaired) electrons. The van der Waals surface area contributed by atoms with Crippen LogP contribution in [0.25, 0.3) is 0 Å². The van der Waals surface area contributed by atoms with Gasteiger partial charge < -0.3 is 23.7 Å². The number of benzene rings is 1. The number of hydrogen-bond acceptors (Lipinski definition) is 10. The molecule has 2 saturated carbocycles. The highest BCUT2D eigenvalue weighted by atomic mass is 16.6. The van der Waals surface area contributed by atoms with Crippen LogP contribution in [0.15, 0.2) is 54.9 Å². The van der Waals surface area contributed by atoms with Gasteiger partial charge in [0.15, 0.2) is 6.10 Å². The fourth-order valence-corrected chi connectivity index (χ4v) is 7.49. The number of fused-ring (bicyclic) bond motifs is 1. The van der Waals surface area contributed by atoms with Gasteiger partial charge in [0, 0.05) is 32.2 Å². The minimum atomic E-state index is -1.41. The van der Waals surface area contributed by atoms with Crippen molar-refractivity contribution >= 4 is 23.9 Å². The van der Waals surface area contributed by atoms with Crippen molar-refractivity contribution < 1.29 is 42.9 Å². The maximum atomic E-state index is 13.7. The van der Waals surface area contributed by atoms with E-state index in [0.717, 1.165) is 0 Å². The first-order valence-corrected chi connectivity index (χ1v) is 14.3. The molecule has 2 aromatic rings. The number of pyridine rings is 1. The zero-order chi connectivity index (χ0) is 30.3. The molecule has 1 aliphatic heterocycles. The fourth-order valence-electron chi connectivity index (χ4n) is 7.49. The third-order valence-electron chi connectivity index (χ3n) is 9.28. The van der Waals surface area contributed by atoms with Crippen LogP contribution in [0.5, 0.6) is 0 Å². The fraction of sp³-hybridized carbons (Fsp3) is 0.531. The molecule has 3 aliphatic rings. The summed E-state index contributed by atoms with van der Waals surface area (Å²) < 4.78 is 31.3. The largest absolute Gasteiger partial charge is 0.462 e. The smallest absolute Gasteiger partial charge is 0.339 e. The molecule has 10 heteroatoms. The van der Waals surface area contributed by atoms with Crippen LogP contribution in [0.1, 0.15) is 74.6 Å². The van der Waals surface area contributed by atoms with E-state index in [0.29, 0.717) is 24.8 Å². The number of rotatable bonds is 7. The van der Waals surface area contributed by atoms with E-state index in [4.69, 9.17) is 23.7 Å². The van der Waals surface area contributed by atoms with Gasteiger partial charge in [-0.15, -0.1) is 0 Å². The Labute approximate surface area is 245 Å². The predicted octanol–water partition coefficient (Wildman–Crippen LogP) is 4.31. The number of carbonyl (C=O) groups is 4. The first-order valence-electron chi connectivity index (χ1n) is 14.3. The van der Waals surface area contributed by atoms with Crippen LogP contribution in [0, 0.1) is 17.3 Å². The molecular formula is C32H37NO9. The Morgan fingerprint density at radius 1 is 0.905 bits per heavy atom. The second kappa shape index (κ2) is 11.1. The molecule has 5 rings (SSSR count). The number of carbonyl (C=O) groups excluding carboxylic acids is 4. The first-order chi connectivity index (χ1) is 19.9. The van der Waals surface area contributed by atoms with Crippen molar-refractivity contribution in [3.8, 4) is 0 Å². The van der Waals surface area contributed by atoms with Gasteiger partial charge in [0.2, 0.25) is 0 Å². The van der Waals surface area contributed by atoms with Crippen molar-refractivity contribution in [2.45, 2.75) is 83.4 Å². The molecule has 42 heavy (non-hydrogen) atoms. The predicted molar refractivity (Wildman–Crippen MR) is 148 cm³/mol. The Morgan fingerprint density at radius 2 is 1.60 bits per heavy atom.